The molecule has 5 rings (SSSR count). The van der Waals surface area contributed by atoms with Gasteiger partial charge in [0.2, 0.25) is 0 Å². The van der Waals surface area contributed by atoms with Crippen molar-refractivity contribution < 1.29 is 32.6 Å². The van der Waals surface area contributed by atoms with Gasteiger partial charge in [0, 0.05) is 27.4 Å². The third kappa shape index (κ3) is 5.09. The van der Waals surface area contributed by atoms with E-state index in [1.807, 2.05) is 0 Å². The number of benzene rings is 3. The number of alkyl halides is 3. The Kier molecular flexibility index (Phi) is 7.33. The number of halogens is 5. The molecule has 0 fully saturated rings. The third-order valence-electron chi connectivity index (χ3n) is 6.92. The van der Waals surface area contributed by atoms with Crippen LogP contribution in [0.25, 0.3) is 5.69 Å². The summed E-state index contributed by atoms with van der Waals surface area (Å²) in [5, 5.41) is 25.9. The summed E-state index contributed by atoms with van der Waals surface area (Å²) in [7, 11) is 0. The lowest BCUT2D eigenvalue weighted by Crippen LogP contribution is -2.15. The van der Waals surface area contributed by atoms with E-state index in [2.05, 4.69) is 5.10 Å². The van der Waals surface area contributed by atoms with Gasteiger partial charge in [-0.15, -0.1) is 0 Å². The lowest BCUT2D eigenvalue weighted by molar-refractivity contribution is -0.139. The smallest absolute Gasteiger partial charge is 0.382 e. The standard InChI is InChI=1S/C29H23ClF4N2O3/c30-20-11-6-10-19(29(32,33)34)24(20)28(39)25-18-9-4-5-12-22(18)36(35-25)23-14-13-17(15-21(23)31)27(38)26(37)16-7-2-1-3-8-16/h1-3,6-8,10-11,13-15,27-28,38-39H,4-5,9,12H2. The molecule has 0 radical (unpaired) electrons. The van der Waals surface area contributed by atoms with Crippen LogP contribution >= 0.6 is 11.6 Å². The molecule has 0 bridgehead atoms. The summed E-state index contributed by atoms with van der Waals surface area (Å²) in [6.07, 6.45) is -5.76. The Hall–Kier alpha value is -3.53. The van der Waals surface area contributed by atoms with E-state index in [0.717, 1.165) is 31.0 Å². The molecule has 1 aliphatic rings. The molecule has 202 valence electrons. The molecule has 1 aromatic heterocycles. The van der Waals surface area contributed by atoms with Crippen LogP contribution in [-0.4, -0.2) is 25.8 Å². The summed E-state index contributed by atoms with van der Waals surface area (Å²) in [6, 6.07) is 15.1. The average molecular weight is 559 g/mol. The minimum atomic E-state index is -4.76. The van der Waals surface area contributed by atoms with Crippen LogP contribution < -0.4 is 0 Å². The Morgan fingerprint density at radius 3 is 2.38 bits per heavy atom. The Morgan fingerprint density at radius 1 is 0.974 bits per heavy atom. The fourth-order valence-corrected chi connectivity index (χ4v) is 5.30. The minimum absolute atomic E-state index is 0.0222. The second-order valence-electron chi connectivity index (χ2n) is 9.37. The number of carbonyl (C=O) groups is 1. The van der Waals surface area contributed by atoms with E-state index in [4.69, 9.17) is 11.6 Å². The number of ketones is 1. The molecule has 5 nitrogen and oxygen atoms in total. The van der Waals surface area contributed by atoms with Gasteiger partial charge in [0.1, 0.15) is 23.7 Å². The van der Waals surface area contributed by atoms with E-state index >= 15 is 4.39 Å². The molecule has 1 aliphatic carbocycles. The number of carbonyl (C=O) groups excluding carboxylic acids is 1. The molecule has 4 aromatic rings. The zero-order chi connectivity index (χ0) is 27.9. The van der Waals surface area contributed by atoms with Crippen LogP contribution in [0.5, 0.6) is 0 Å². The zero-order valence-corrected chi connectivity index (χ0v) is 21.2. The van der Waals surface area contributed by atoms with Gasteiger partial charge in [0.05, 0.1) is 11.3 Å². The second kappa shape index (κ2) is 10.6. The van der Waals surface area contributed by atoms with Gasteiger partial charge >= 0.3 is 6.18 Å². The van der Waals surface area contributed by atoms with Crippen molar-refractivity contribution in [1.82, 2.24) is 9.78 Å². The molecule has 0 spiro atoms. The number of aliphatic hydroxyl groups excluding tert-OH is 2. The number of fused-ring (bicyclic) bond motifs is 1. The van der Waals surface area contributed by atoms with E-state index in [9.17, 15) is 28.2 Å². The Bertz CT molecular complexity index is 1540. The van der Waals surface area contributed by atoms with Crippen molar-refractivity contribution in [1.29, 1.82) is 0 Å². The first-order valence-corrected chi connectivity index (χ1v) is 12.7. The number of rotatable bonds is 6. The van der Waals surface area contributed by atoms with E-state index in [-0.39, 0.29) is 27.5 Å². The van der Waals surface area contributed by atoms with Crippen LogP contribution in [0.15, 0.2) is 66.7 Å². The number of aromatic nitrogens is 2. The van der Waals surface area contributed by atoms with Crippen LogP contribution in [0.2, 0.25) is 5.02 Å². The number of hydrogen-bond acceptors (Lipinski definition) is 4. The van der Waals surface area contributed by atoms with Gasteiger partial charge in [-0.25, -0.2) is 9.07 Å². The van der Waals surface area contributed by atoms with E-state index < -0.39 is 41.1 Å². The first-order chi connectivity index (χ1) is 18.6. The first-order valence-electron chi connectivity index (χ1n) is 12.3. The highest BCUT2D eigenvalue weighted by Crippen LogP contribution is 2.42. The van der Waals surface area contributed by atoms with E-state index in [0.29, 0.717) is 24.1 Å². The lowest BCUT2D eigenvalue weighted by atomic mass is 9.91. The molecule has 39 heavy (non-hydrogen) atoms. The lowest BCUT2D eigenvalue weighted by Gasteiger charge is -2.19. The maximum absolute atomic E-state index is 15.4. The molecule has 2 N–H and O–H groups in total. The molecule has 3 aromatic carbocycles. The van der Waals surface area contributed by atoms with Crippen molar-refractivity contribution in [2.24, 2.45) is 0 Å². The van der Waals surface area contributed by atoms with Crippen molar-refractivity contribution in [2.75, 3.05) is 0 Å². The molecule has 0 amide bonds. The molecule has 0 saturated heterocycles. The molecule has 2 unspecified atom stereocenters. The van der Waals surface area contributed by atoms with Crippen LogP contribution in [0, 0.1) is 5.82 Å². The van der Waals surface area contributed by atoms with Crippen molar-refractivity contribution in [3.05, 3.63) is 117 Å². The third-order valence-corrected chi connectivity index (χ3v) is 7.25. The van der Waals surface area contributed by atoms with E-state index in [1.165, 1.54) is 22.9 Å². The van der Waals surface area contributed by atoms with Gasteiger partial charge in [-0.3, -0.25) is 4.79 Å². The Balaban J connectivity index is 1.55. The van der Waals surface area contributed by atoms with Crippen molar-refractivity contribution >= 4 is 17.4 Å². The van der Waals surface area contributed by atoms with Crippen molar-refractivity contribution in [3.63, 3.8) is 0 Å². The molecule has 2 atom stereocenters. The van der Waals surface area contributed by atoms with Crippen molar-refractivity contribution in [2.45, 2.75) is 44.1 Å². The van der Waals surface area contributed by atoms with Gasteiger partial charge in [-0.2, -0.15) is 18.3 Å². The number of nitrogens with zero attached hydrogens (tertiary/aromatic N) is 2. The Labute approximate surface area is 226 Å². The van der Waals surface area contributed by atoms with Gasteiger partial charge in [0.15, 0.2) is 5.78 Å². The second-order valence-corrected chi connectivity index (χ2v) is 9.78. The van der Waals surface area contributed by atoms with Gasteiger partial charge < -0.3 is 10.2 Å². The maximum Gasteiger partial charge on any atom is 0.416 e. The summed E-state index contributed by atoms with van der Waals surface area (Å²) in [5.74, 6) is -1.39. The molecule has 1 heterocycles. The monoisotopic (exact) mass is 558 g/mol. The fraction of sp³-hybridized carbons (Fsp3) is 0.241. The highest BCUT2D eigenvalue weighted by Gasteiger charge is 2.38. The topological polar surface area (TPSA) is 75.3 Å². The normalized spacial score (nSPS) is 15.1. The highest BCUT2D eigenvalue weighted by atomic mass is 35.5. The highest BCUT2D eigenvalue weighted by molar-refractivity contribution is 6.31. The summed E-state index contributed by atoms with van der Waals surface area (Å²) >= 11 is 6.12. The van der Waals surface area contributed by atoms with Gasteiger partial charge in [-0.05, 0) is 55.5 Å². The van der Waals surface area contributed by atoms with Crippen LogP contribution in [0.4, 0.5) is 17.6 Å². The predicted octanol–water partition coefficient (Wildman–Crippen LogP) is 6.56. The molecule has 0 saturated carbocycles. The molecular formula is C29H23ClF4N2O3. The summed E-state index contributed by atoms with van der Waals surface area (Å²) in [6.45, 7) is 0. The number of hydrogen-bond donors (Lipinski definition) is 2. The summed E-state index contributed by atoms with van der Waals surface area (Å²) in [4.78, 5) is 12.6. The molecular weight excluding hydrogens is 536 g/mol. The first kappa shape index (κ1) is 27.1. The SMILES string of the molecule is O=C(c1ccccc1)C(O)c1ccc(-n2nc(C(O)c3c(Cl)cccc3C(F)(F)F)c3c2CCCC3)c(F)c1. The number of aliphatic hydroxyl groups is 2. The van der Waals surface area contributed by atoms with E-state index in [1.54, 1.807) is 30.3 Å². The van der Waals surface area contributed by atoms with Crippen LogP contribution in [0.1, 0.15) is 69.0 Å². The minimum Gasteiger partial charge on any atom is -0.382 e. The average Bonchev–Trinajstić information content (AvgIpc) is 3.31. The molecule has 0 aliphatic heterocycles. The predicted molar refractivity (Wildman–Crippen MR) is 136 cm³/mol. The quantitative estimate of drug-likeness (QED) is 0.208. The largest absolute Gasteiger partial charge is 0.416 e. The summed E-state index contributed by atoms with van der Waals surface area (Å²) < 4.78 is 57.9. The van der Waals surface area contributed by atoms with Crippen LogP contribution in [-0.2, 0) is 19.0 Å². The molecule has 10 heteroatoms. The van der Waals surface area contributed by atoms with Crippen molar-refractivity contribution in [3.8, 4) is 5.69 Å². The zero-order valence-electron chi connectivity index (χ0n) is 20.4. The number of Topliss-reactive ketones (excluding diaryl/α,β-unsaturated/α-hetero) is 1. The maximum atomic E-state index is 15.4. The van der Waals surface area contributed by atoms with Gasteiger partial charge in [0.25, 0.3) is 0 Å². The summed E-state index contributed by atoms with van der Waals surface area (Å²) in [5.41, 5.74) is -0.203. The fourth-order valence-electron chi connectivity index (χ4n) is 5.02. The van der Waals surface area contributed by atoms with Gasteiger partial charge in [-0.1, -0.05) is 54.1 Å². The van der Waals surface area contributed by atoms with Crippen LogP contribution in [0.3, 0.4) is 0 Å². The Morgan fingerprint density at radius 2 is 1.69 bits per heavy atom.